The Morgan fingerprint density at radius 1 is 1.58 bits per heavy atom. The summed E-state index contributed by atoms with van der Waals surface area (Å²) in [6.07, 6.45) is 1.70. The minimum atomic E-state index is -0.764. The summed E-state index contributed by atoms with van der Waals surface area (Å²) in [6, 6.07) is 5.04. The largest absolute Gasteiger partial charge is 0.391 e. The van der Waals surface area contributed by atoms with E-state index in [9.17, 15) is 9.90 Å². The van der Waals surface area contributed by atoms with Gasteiger partial charge in [0.25, 0.3) is 0 Å². The van der Waals surface area contributed by atoms with Gasteiger partial charge in [-0.25, -0.2) is 0 Å². The molecule has 102 valence electrons. The number of aliphatic hydroxyl groups is 1. The van der Waals surface area contributed by atoms with Crippen LogP contribution >= 0.6 is 22.6 Å². The summed E-state index contributed by atoms with van der Waals surface area (Å²) in [4.78, 5) is 11.0. The maximum atomic E-state index is 11.0. The van der Waals surface area contributed by atoms with Gasteiger partial charge in [-0.1, -0.05) is 13.3 Å². The average Bonchev–Trinajstić information content (AvgIpc) is 2.39. The highest BCUT2D eigenvalue weighted by Gasteiger charge is 2.17. The highest BCUT2D eigenvalue weighted by atomic mass is 127. The number of nitriles is 1. The molecular formula is C14H17IN2O2. The zero-order valence-electron chi connectivity index (χ0n) is 11.0. The number of carbonyl (C=O) groups is 1. The first-order valence-electron chi connectivity index (χ1n) is 6.16. The summed E-state index contributed by atoms with van der Waals surface area (Å²) >= 11 is 2.15. The number of aldehydes is 1. The molecule has 0 radical (unpaired) electrons. The number of halogens is 1. The first-order chi connectivity index (χ1) is 9.04. The van der Waals surface area contributed by atoms with Crippen molar-refractivity contribution in [1.29, 1.82) is 5.26 Å². The molecule has 0 saturated carbocycles. The number of aliphatic hydroxyl groups excluding tert-OH is 1. The smallest absolute Gasteiger partial charge is 0.144 e. The Balaban J connectivity index is 3.17. The number of anilines is 1. The Labute approximate surface area is 127 Å². The number of nitrogens with one attached hydrogen (secondary N) is 1. The van der Waals surface area contributed by atoms with Crippen LogP contribution in [0.1, 0.15) is 31.4 Å². The third-order valence-electron chi connectivity index (χ3n) is 2.85. The molecule has 0 aliphatic rings. The van der Waals surface area contributed by atoms with E-state index < -0.39 is 12.1 Å². The van der Waals surface area contributed by atoms with E-state index in [0.29, 0.717) is 11.8 Å². The summed E-state index contributed by atoms with van der Waals surface area (Å²) in [5.74, 6) is 0. The molecule has 0 bridgehead atoms. The Morgan fingerprint density at radius 2 is 2.26 bits per heavy atom. The van der Waals surface area contributed by atoms with Crippen LogP contribution in [-0.4, -0.2) is 23.5 Å². The van der Waals surface area contributed by atoms with Crippen LogP contribution in [0, 0.1) is 14.9 Å². The molecule has 2 atom stereocenters. The molecule has 0 saturated heterocycles. The van der Waals surface area contributed by atoms with Crippen LogP contribution in [0.2, 0.25) is 0 Å². The predicted octanol–water partition coefficient (Wildman–Crippen LogP) is 2.48. The molecule has 1 aromatic rings. The maximum Gasteiger partial charge on any atom is 0.144 e. The number of hydrogen-bond acceptors (Lipinski definition) is 4. The average molecular weight is 372 g/mol. The molecule has 1 rings (SSSR count). The predicted molar refractivity (Wildman–Crippen MR) is 83.0 cm³/mol. The van der Waals surface area contributed by atoms with Gasteiger partial charge in [-0.15, -0.1) is 0 Å². The van der Waals surface area contributed by atoms with E-state index >= 15 is 0 Å². The summed E-state index contributed by atoms with van der Waals surface area (Å²) < 4.78 is 0.905. The van der Waals surface area contributed by atoms with Crippen molar-refractivity contribution in [3.63, 3.8) is 0 Å². The van der Waals surface area contributed by atoms with E-state index in [0.717, 1.165) is 27.7 Å². The lowest BCUT2D eigenvalue weighted by molar-refractivity contribution is -0.110. The second-order valence-corrected chi connectivity index (χ2v) is 5.44. The van der Waals surface area contributed by atoms with Crippen molar-refractivity contribution in [2.24, 2.45) is 0 Å². The monoisotopic (exact) mass is 372 g/mol. The zero-order valence-corrected chi connectivity index (χ0v) is 13.1. The molecule has 5 heteroatoms. The third kappa shape index (κ3) is 3.91. The number of rotatable bonds is 6. The number of hydrogen-bond donors (Lipinski definition) is 2. The van der Waals surface area contributed by atoms with Crippen molar-refractivity contribution in [1.82, 2.24) is 0 Å². The normalized spacial score (nSPS) is 13.4. The van der Waals surface area contributed by atoms with Gasteiger partial charge in [-0.05, 0) is 53.6 Å². The molecule has 2 N–H and O–H groups in total. The number of benzene rings is 1. The van der Waals surface area contributed by atoms with E-state index in [1.807, 2.05) is 0 Å². The number of carbonyl (C=O) groups excluding carboxylic acids is 1. The van der Waals surface area contributed by atoms with Crippen molar-refractivity contribution in [2.75, 3.05) is 5.32 Å². The van der Waals surface area contributed by atoms with E-state index in [4.69, 9.17) is 5.26 Å². The first-order valence-corrected chi connectivity index (χ1v) is 7.24. The molecule has 19 heavy (non-hydrogen) atoms. The van der Waals surface area contributed by atoms with Crippen molar-refractivity contribution < 1.29 is 9.90 Å². The van der Waals surface area contributed by atoms with Crippen LogP contribution in [0.15, 0.2) is 12.1 Å². The van der Waals surface area contributed by atoms with Gasteiger partial charge in [0.1, 0.15) is 18.4 Å². The van der Waals surface area contributed by atoms with Gasteiger partial charge in [0.05, 0.1) is 11.7 Å². The summed E-state index contributed by atoms with van der Waals surface area (Å²) in [5, 5.41) is 21.6. The Kier molecular flexibility index (Phi) is 6.25. The van der Waals surface area contributed by atoms with Gasteiger partial charge in [0.15, 0.2) is 0 Å². The zero-order chi connectivity index (χ0) is 14.4. The van der Waals surface area contributed by atoms with Gasteiger partial charge >= 0.3 is 0 Å². The highest BCUT2D eigenvalue weighted by molar-refractivity contribution is 14.1. The molecule has 0 unspecified atom stereocenters. The van der Waals surface area contributed by atoms with Crippen molar-refractivity contribution in [3.8, 4) is 6.07 Å². The lowest BCUT2D eigenvalue weighted by atomic mass is 10.0. The quantitative estimate of drug-likeness (QED) is 0.595. The molecule has 1 aromatic carbocycles. The molecule has 0 heterocycles. The van der Waals surface area contributed by atoms with Crippen LogP contribution in [0.5, 0.6) is 0 Å². The van der Waals surface area contributed by atoms with Crippen LogP contribution < -0.4 is 5.32 Å². The lowest BCUT2D eigenvalue weighted by Crippen LogP contribution is -2.33. The first kappa shape index (κ1) is 15.9. The Hall–Kier alpha value is -1.13. The fraction of sp³-hybridized carbons (Fsp3) is 0.429. The van der Waals surface area contributed by atoms with E-state index in [-0.39, 0.29) is 0 Å². The Morgan fingerprint density at radius 3 is 2.74 bits per heavy atom. The lowest BCUT2D eigenvalue weighted by Gasteiger charge is -2.20. The van der Waals surface area contributed by atoms with Gasteiger partial charge in [-0.2, -0.15) is 5.26 Å². The van der Waals surface area contributed by atoms with Crippen LogP contribution in [0.4, 0.5) is 5.69 Å². The highest BCUT2D eigenvalue weighted by Crippen LogP contribution is 2.27. The number of nitrogens with zero attached hydrogens (tertiary/aromatic N) is 1. The summed E-state index contributed by atoms with van der Waals surface area (Å²) in [7, 11) is 0. The van der Waals surface area contributed by atoms with Gasteiger partial charge < -0.3 is 15.2 Å². The second kappa shape index (κ2) is 7.46. The van der Waals surface area contributed by atoms with Crippen LogP contribution in [-0.2, 0) is 11.2 Å². The van der Waals surface area contributed by atoms with Crippen LogP contribution in [0.25, 0.3) is 0 Å². The molecule has 0 aliphatic carbocycles. The summed E-state index contributed by atoms with van der Waals surface area (Å²) in [6.45, 7) is 3.63. The Bertz CT molecular complexity index is 495. The topological polar surface area (TPSA) is 73.1 Å². The van der Waals surface area contributed by atoms with Crippen molar-refractivity contribution >= 4 is 34.6 Å². The second-order valence-electron chi connectivity index (χ2n) is 4.36. The molecule has 4 nitrogen and oxygen atoms in total. The molecule has 0 spiro atoms. The molecule has 0 aliphatic heterocycles. The van der Waals surface area contributed by atoms with Gasteiger partial charge in [-0.3, -0.25) is 0 Å². The molecule has 0 amide bonds. The SMILES string of the molecule is CCCc1c(N[C@@H](C=O)[C@H](C)O)ccc(C#N)c1I. The molecule has 0 aromatic heterocycles. The third-order valence-corrected chi connectivity index (χ3v) is 4.08. The van der Waals surface area contributed by atoms with E-state index in [1.54, 1.807) is 19.1 Å². The minimum absolute atomic E-state index is 0.634. The van der Waals surface area contributed by atoms with Gasteiger partial charge in [0, 0.05) is 9.26 Å². The molecule has 0 fully saturated rings. The minimum Gasteiger partial charge on any atom is -0.391 e. The van der Waals surface area contributed by atoms with Gasteiger partial charge in [0.2, 0.25) is 0 Å². The van der Waals surface area contributed by atoms with Crippen LogP contribution in [0.3, 0.4) is 0 Å². The van der Waals surface area contributed by atoms with Crippen molar-refractivity contribution in [3.05, 3.63) is 26.8 Å². The standard InChI is InChI=1S/C14H17IN2O2/c1-3-4-11-12(17-13(8-18)9(2)19)6-5-10(7-16)14(11)15/h5-6,8-9,13,17,19H,3-4H2,1-2H3/t9-,13-/m0/s1. The van der Waals surface area contributed by atoms with E-state index in [1.165, 1.54) is 0 Å². The maximum absolute atomic E-state index is 11.0. The fourth-order valence-electron chi connectivity index (χ4n) is 1.79. The summed E-state index contributed by atoms with van der Waals surface area (Å²) in [5.41, 5.74) is 2.47. The van der Waals surface area contributed by atoms with Crippen molar-refractivity contribution in [2.45, 2.75) is 38.8 Å². The molecular weight excluding hydrogens is 355 g/mol. The fourth-order valence-corrected chi connectivity index (χ4v) is 2.65. The van der Waals surface area contributed by atoms with E-state index in [2.05, 4.69) is 40.9 Å².